The highest BCUT2D eigenvalue weighted by molar-refractivity contribution is 7.47. The van der Waals surface area contributed by atoms with E-state index in [0.29, 0.717) is 25.7 Å². The second-order valence-electron chi connectivity index (χ2n) is 28.9. The second-order valence-corrected chi connectivity index (χ2v) is 31.8. The van der Waals surface area contributed by atoms with Crippen LogP contribution in [0.3, 0.4) is 0 Å². The van der Waals surface area contributed by atoms with E-state index in [0.717, 1.165) is 108 Å². The van der Waals surface area contributed by atoms with Crippen LogP contribution in [0.2, 0.25) is 0 Å². The molecule has 0 saturated carbocycles. The van der Waals surface area contributed by atoms with E-state index in [1.54, 1.807) is 0 Å². The van der Waals surface area contributed by atoms with Gasteiger partial charge in [-0.1, -0.05) is 363 Å². The van der Waals surface area contributed by atoms with Crippen LogP contribution in [0.1, 0.15) is 414 Å². The van der Waals surface area contributed by atoms with Gasteiger partial charge in [0.25, 0.3) is 0 Å². The zero-order valence-corrected chi connectivity index (χ0v) is 65.9. The summed E-state index contributed by atoms with van der Waals surface area (Å²) in [7, 11) is -9.90. The zero-order valence-electron chi connectivity index (χ0n) is 64.1. The first kappa shape index (κ1) is 96.1. The Hall–Kier alpha value is -1.94. The molecule has 0 heterocycles. The lowest BCUT2D eigenvalue weighted by atomic mass is 9.99. The van der Waals surface area contributed by atoms with E-state index in [1.807, 2.05) is 0 Å². The second kappa shape index (κ2) is 70.7. The summed E-state index contributed by atoms with van der Waals surface area (Å²) in [5, 5.41) is 10.6. The van der Waals surface area contributed by atoms with E-state index in [9.17, 15) is 43.2 Å². The number of rotatable bonds is 78. The lowest BCUT2D eigenvalue weighted by Crippen LogP contribution is -2.30. The van der Waals surface area contributed by atoms with Gasteiger partial charge >= 0.3 is 39.5 Å². The molecule has 0 spiro atoms. The van der Waals surface area contributed by atoms with Crippen molar-refractivity contribution >= 4 is 39.5 Å². The van der Waals surface area contributed by atoms with Gasteiger partial charge < -0.3 is 33.8 Å². The minimum Gasteiger partial charge on any atom is -0.462 e. The van der Waals surface area contributed by atoms with Crippen molar-refractivity contribution < 1.29 is 80.2 Å². The van der Waals surface area contributed by atoms with Gasteiger partial charge in [-0.3, -0.25) is 37.3 Å². The molecule has 4 unspecified atom stereocenters. The number of aliphatic hydroxyl groups is 1. The maximum absolute atomic E-state index is 13.1. The number of carbonyl (C=O) groups excluding carboxylic acids is 4. The van der Waals surface area contributed by atoms with Crippen LogP contribution in [0.5, 0.6) is 0 Å². The minimum atomic E-state index is -4.96. The summed E-state index contributed by atoms with van der Waals surface area (Å²) in [6.07, 6.45) is 60.4. The topological polar surface area (TPSA) is 237 Å². The SMILES string of the molecule is CCCCCCCCCCCCCCCCCCCCCCCC(=O)OC[C@H](COP(=O)(O)OC[C@@H](O)COP(=O)(O)OC[C@@H](COC(=O)CCCCCCC)OC(=O)CCCCCCCCC(C)CC)OC(=O)CCCCCCCCCCCCCCCCCCCCC(C)CC. The third kappa shape index (κ3) is 69.8. The van der Waals surface area contributed by atoms with Crippen molar-refractivity contribution in [2.75, 3.05) is 39.6 Å². The molecule has 7 atom stereocenters. The number of phosphoric acid groups is 2. The quantitative estimate of drug-likeness (QED) is 0.0222. The predicted octanol–water partition coefficient (Wildman–Crippen LogP) is 23.5. The van der Waals surface area contributed by atoms with Crippen LogP contribution < -0.4 is 0 Å². The summed E-state index contributed by atoms with van der Waals surface area (Å²) >= 11 is 0. The van der Waals surface area contributed by atoms with Gasteiger partial charge in [0.05, 0.1) is 26.4 Å². The highest BCUT2D eigenvalue weighted by Crippen LogP contribution is 2.45. The first-order valence-electron chi connectivity index (χ1n) is 41.1. The van der Waals surface area contributed by atoms with Gasteiger partial charge in [-0.2, -0.15) is 0 Å². The van der Waals surface area contributed by atoms with Gasteiger partial charge in [-0.25, -0.2) is 9.13 Å². The molecular weight excluding hydrogens is 1280 g/mol. The normalized spacial score (nSPS) is 14.5. The standard InChI is InChI=1S/C79H154O17P2/c1-7-11-13-15-16-17-18-19-20-21-22-23-24-28-31-34-37-40-43-50-56-62-77(82)90-68-75(95-78(83)63-57-51-44-41-38-35-32-29-26-25-27-30-33-36-39-42-48-53-59-71(5)9-3)70-94-98(87,88)92-66-73(80)65-91-97(85,86)93-69-74(67-89-76(81)61-55-47-14-12-8-2)96-79(84)64-58-52-46-45-49-54-60-72(6)10-4/h71-75,80H,7-70H2,1-6H3,(H,85,86)(H,87,88)/t71?,72?,73-,74+,75+/m0/s1. The van der Waals surface area contributed by atoms with Gasteiger partial charge in [0.2, 0.25) is 0 Å². The highest BCUT2D eigenvalue weighted by atomic mass is 31.2. The number of hydrogen-bond donors (Lipinski definition) is 3. The molecule has 0 fully saturated rings. The molecule has 0 bridgehead atoms. The molecule has 0 aromatic rings. The summed E-state index contributed by atoms with van der Waals surface area (Å²) in [6.45, 7) is 9.53. The molecular formula is C79H154O17P2. The molecule has 0 aliphatic rings. The minimum absolute atomic E-state index is 0.102. The molecule has 0 aromatic carbocycles. The van der Waals surface area contributed by atoms with Crippen LogP contribution >= 0.6 is 15.6 Å². The molecule has 3 N–H and O–H groups in total. The maximum atomic E-state index is 13.1. The van der Waals surface area contributed by atoms with Crippen LogP contribution in [0.25, 0.3) is 0 Å². The first-order valence-corrected chi connectivity index (χ1v) is 44.1. The fourth-order valence-corrected chi connectivity index (χ4v) is 13.7. The number of unbranched alkanes of at least 4 members (excludes halogenated alkanes) is 46. The molecule has 98 heavy (non-hydrogen) atoms. The fraction of sp³-hybridized carbons (Fsp3) is 0.949. The average molecular weight is 1440 g/mol. The lowest BCUT2D eigenvalue weighted by molar-refractivity contribution is -0.161. The third-order valence-electron chi connectivity index (χ3n) is 19.2. The Balaban J connectivity index is 5.09. The van der Waals surface area contributed by atoms with Gasteiger partial charge in [0.1, 0.15) is 19.3 Å². The van der Waals surface area contributed by atoms with Crippen molar-refractivity contribution in [3.63, 3.8) is 0 Å². The van der Waals surface area contributed by atoms with Gasteiger partial charge in [0.15, 0.2) is 12.2 Å². The molecule has 582 valence electrons. The van der Waals surface area contributed by atoms with Crippen LogP contribution in [-0.2, 0) is 65.4 Å². The Bertz CT molecular complexity index is 1890. The predicted molar refractivity (Wildman–Crippen MR) is 400 cm³/mol. The van der Waals surface area contributed by atoms with Crippen molar-refractivity contribution in [1.82, 2.24) is 0 Å². The van der Waals surface area contributed by atoms with Crippen LogP contribution in [0, 0.1) is 11.8 Å². The summed E-state index contributed by atoms with van der Waals surface area (Å²) in [5.74, 6) is -0.537. The maximum Gasteiger partial charge on any atom is 0.472 e. The van der Waals surface area contributed by atoms with Crippen LogP contribution in [-0.4, -0.2) is 96.7 Å². The zero-order chi connectivity index (χ0) is 72.1. The van der Waals surface area contributed by atoms with E-state index < -0.39 is 97.5 Å². The molecule has 0 amide bonds. The molecule has 0 rings (SSSR count). The largest absolute Gasteiger partial charge is 0.472 e. The summed E-state index contributed by atoms with van der Waals surface area (Å²) in [4.78, 5) is 72.5. The van der Waals surface area contributed by atoms with Crippen molar-refractivity contribution in [3.8, 4) is 0 Å². The molecule has 0 saturated heterocycles. The van der Waals surface area contributed by atoms with Crippen molar-refractivity contribution in [1.29, 1.82) is 0 Å². The van der Waals surface area contributed by atoms with Crippen LogP contribution in [0.15, 0.2) is 0 Å². The fourth-order valence-electron chi connectivity index (χ4n) is 12.1. The van der Waals surface area contributed by atoms with E-state index in [4.69, 9.17) is 37.0 Å². The molecule has 0 radical (unpaired) electrons. The number of aliphatic hydroxyl groups excluding tert-OH is 1. The summed E-state index contributed by atoms with van der Waals surface area (Å²) in [5.41, 5.74) is 0. The molecule has 19 heteroatoms. The van der Waals surface area contributed by atoms with Crippen molar-refractivity contribution in [2.45, 2.75) is 432 Å². The number of hydrogen-bond acceptors (Lipinski definition) is 15. The van der Waals surface area contributed by atoms with Gasteiger partial charge in [-0.05, 0) is 37.5 Å². The number of esters is 4. The van der Waals surface area contributed by atoms with Crippen LogP contribution in [0.4, 0.5) is 0 Å². The Morgan fingerprint density at radius 3 is 0.724 bits per heavy atom. The highest BCUT2D eigenvalue weighted by Gasteiger charge is 2.30. The monoisotopic (exact) mass is 1440 g/mol. The van der Waals surface area contributed by atoms with E-state index in [-0.39, 0.29) is 25.7 Å². The lowest BCUT2D eigenvalue weighted by Gasteiger charge is -2.21. The van der Waals surface area contributed by atoms with E-state index in [1.165, 1.54) is 225 Å². The Morgan fingerprint density at radius 1 is 0.286 bits per heavy atom. The summed E-state index contributed by atoms with van der Waals surface area (Å²) < 4.78 is 68.3. The Labute approximate surface area is 600 Å². The van der Waals surface area contributed by atoms with Gasteiger partial charge in [-0.15, -0.1) is 0 Å². The van der Waals surface area contributed by atoms with E-state index in [2.05, 4.69) is 41.5 Å². The smallest absolute Gasteiger partial charge is 0.462 e. The number of phosphoric ester groups is 2. The first-order chi connectivity index (χ1) is 47.4. The van der Waals surface area contributed by atoms with E-state index >= 15 is 0 Å². The average Bonchev–Trinajstić information content (AvgIpc) is 1.58. The van der Waals surface area contributed by atoms with Crippen molar-refractivity contribution in [3.05, 3.63) is 0 Å². The number of carbonyl (C=O) groups is 4. The Morgan fingerprint density at radius 2 is 0.490 bits per heavy atom. The third-order valence-corrected chi connectivity index (χ3v) is 21.1. The summed E-state index contributed by atoms with van der Waals surface area (Å²) in [6, 6.07) is 0. The van der Waals surface area contributed by atoms with Gasteiger partial charge in [0, 0.05) is 25.7 Å². The Kier molecular flexibility index (Phi) is 69.3. The molecule has 0 aromatic heterocycles. The number of ether oxygens (including phenoxy) is 4. The molecule has 0 aliphatic carbocycles. The van der Waals surface area contributed by atoms with Crippen molar-refractivity contribution in [2.24, 2.45) is 11.8 Å². The molecule has 17 nitrogen and oxygen atoms in total. The molecule has 0 aliphatic heterocycles.